The molecule has 0 atom stereocenters. The van der Waals surface area contributed by atoms with E-state index in [0.717, 1.165) is 122 Å². The third-order valence-electron chi connectivity index (χ3n) is 10.4. The van der Waals surface area contributed by atoms with Gasteiger partial charge in [0, 0.05) is 25.8 Å². The first-order chi connectivity index (χ1) is 25.3. The van der Waals surface area contributed by atoms with Crippen LogP contribution >= 0.6 is 0 Å². The van der Waals surface area contributed by atoms with Gasteiger partial charge in [0.2, 0.25) is 0 Å². The van der Waals surface area contributed by atoms with Gasteiger partial charge in [0.25, 0.3) is 0 Å². The lowest BCUT2D eigenvalue weighted by Gasteiger charge is -2.27. The van der Waals surface area contributed by atoms with Gasteiger partial charge in [-0.3, -0.25) is 9.59 Å². The summed E-state index contributed by atoms with van der Waals surface area (Å²) in [5, 5.41) is 9.59. The van der Waals surface area contributed by atoms with E-state index in [1.807, 2.05) is 0 Å². The molecule has 0 aromatic carbocycles. The summed E-state index contributed by atoms with van der Waals surface area (Å²) in [6.07, 6.45) is 33.5. The highest BCUT2D eigenvalue weighted by molar-refractivity contribution is 5.76. The second-order valence-corrected chi connectivity index (χ2v) is 16.1. The van der Waals surface area contributed by atoms with Gasteiger partial charge in [-0.05, 0) is 91.1 Å². The van der Waals surface area contributed by atoms with Crippen molar-refractivity contribution in [2.45, 2.75) is 233 Å². The van der Waals surface area contributed by atoms with Crippen LogP contribution in [0.25, 0.3) is 0 Å². The molecule has 0 unspecified atom stereocenters. The van der Waals surface area contributed by atoms with Crippen LogP contribution in [-0.4, -0.2) is 60.9 Å². The Balaban J connectivity index is 4.21. The Morgan fingerprint density at radius 3 is 1.63 bits per heavy atom. The molecule has 0 spiro atoms. The van der Waals surface area contributed by atoms with Crippen LogP contribution in [0.1, 0.15) is 227 Å². The SMILES string of the molecule is CCCCC#CCCCOC(=O)CCCCCCCN(CCO)CCCCCCC(C)(C)C(=O)OC(CCCCCCCC)CCCCCCCC. The molecule has 0 aromatic rings. The first-order valence-electron chi connectivity index (χ1n) is 22.5. The lowest BCUT2D eigenvalue weighted by molar-refractivity contribution is -0.161. The van der Waals surface area contributed by atoms with Gasteiger partial charge in [0.15, 0.2) is 0 Å². The monoisotopic (exact) mass is 734 g/mol. The molecule has 52 heavy (non-hydrogen) atoms. The molecule has 0 amide bonds. The van der Waals surface area contributed by atoms with E-state index in [0.29, 0.717) is 13.0 Å². The molecule has 0 bridgehead atoms. The van der Waals surface area contributed by atoms with Crippen LogP contribution in [0.4, 0.5) is 0 Å². The van der Waals surface area contributed by atoms with Crippen molar-refractivity contribution < 1.29 is 24.2 Å². The van der Waals surface area contributed by atoms with Crippen LogP contribution < -0.4 is 0 Å². The third-order valence-corrected chi connectivity index (χ3v) is 10.4. The molecule has 0 saturated carbocycles. The number of nitrogens with zero attached hydrogens (tertiary/aromatic N) is 1. The minimum absolute atomic E-state index is 0.00181. The van der Waals surface area contributed by atoms with Crippen molar-refractivity contribution >= 4 is 11.9 Å². The first-order valence-corrected chi connectivity index (χ1v) is 22.5. The quantitative estimate of drug-likeness (QED) is 0.0387. The van der Waals surface area contributed by atoms with Crippen molar-refractivity contribution in [3.05, 3.63) is 0 Å². The van der Waals surface area contributed by atoms with Crippen molar-refractivity contribution in [1.82, 2.24) is 4.90 Å². The summed E-state index contributed by atoms with van der Waals surface area (Å²) in [6, 6.07) is 0. The van der Waals surface area contributed by atoms with Crippen molar-refractivity contribution in [2.24, 2.45) is 5.41 Å². The Labute approximate surface area is 323 Å². The molecule has 0 saturated heterocycles. The van der Waals surface area contributed by atoms with Crippen LogP contribution in [0.15, 0.2) is 0 Å². The molecule has 0 radical (unpaired) electrons. The number of aliphatic hydroxyl groups excluding tert-OH is 1. The van der Waals surface area contributed by atoms with Crippen molar-refractivity contribution in [2.75, 3.05) is 32.8 Å². The molecule has 0 heterocycles. The maximum atomic E-state index is 13.3. The number of ether oxygens (including phenoxy) is 2. The molecule has 0 aliphatic carbocycles. The fraction of sp³-hybridized carbons (Fsp3) is 0.913. The zero-order valence-corrected chi connectivity index (χ0v) is 35.4. The molecule has 0 aliphatic heterocycles. The molecule has 1 N–H and O–H groups in total. The van der Waals surface area contributed by atoms with E-state index in [4.69, 9.17) is 9.47 Å². The van der Waals surface area contributed by atoms with Crippen molar-refractivity contribution in [3.63, 3.8) is 0 Å². The summed E-state index contributed by atoms with van der Waals surface area (Å²) >= 11 is 0. The molecule has 0 aromatic heterocycles. The zero-order chi connectivity index (χ0) is 38.4. The lowest BCUT2D eigenvalue weighted by Crippen LogP contribution is -2.31. The van der Waals surface area contributed by atoms with E-state index in [1.165, 1.54) is 83.5 Å². The molecule has 6 nitrogen and oxygen atoms in total. The predicted octanol–water partition coefficient (Wildman–Crippen LogP) is 12.5. The van der Waals surface area contributed by atoms with Gasteiger partial charge in [-0.2, -0.15) is 0 Å². The van der Waals surface area contributed by atoms with E-state index in [2.05, 4.69) is 51.4 Å². The van der Waals surface area contributed by atoms with Crippen LogP contribution in [0.5, 0.6) is 0 Å². The molecule has 6 heteroatoms. The average molecular weight is 734 g/mol. The smallest absolute Gasteiger partial charge is 0.311 e. The maximum Gasteiger partial charge on any atom is 0.311 e. The summed E-state index contributed by atoms with van der Waals surface area (Å²) < 4.78 is 11.6. The van der Waals surface area contributed by atoms with Crippen LogP contribution in [0, 0.1) is 17.3 Å². The zero-order valence-electron chi connectivity index (χ0n) is 35.4. The fourth-order valence-corrected chi connectivity index (χ4v) is 6.71. The number of carbonyl (C=O) groups is 2. The van der Waals surface area contributed by atoms with Gasteiger partial charge in [0.1, 0.15) is 6.10 Å². The van der Waals surface area contributed by atoms with Crippen LogP contribution in [-0.2, 0) is 19.1 Å². The molecule has 0 aliphatic rings. The van der Waals surface area contributed by atoms with Crippen molar-refractivity contribution in [1.29, 1.82) is 0 Å². The van der Waals surface area contributed by atoms with Crippen LogP contribution in [0.3, 0.4) is 0 Å². The summed E-state index contributed by atoms with van der Waals surface area (Å²) in [6.45, 7) is 14.3. The van der Waals surface area contributed by atoms with E-state index in [1.54, 1.807) is 0 Å². The molecular formula is C46H87NO5. The number of hydrogen-bond donors (Lipinski definition) is 1. The topological polar surface area (TPSA) is 76.1 Å². The second-order valence-electron chi connectivity index (χ2n) is 16.1. The van der Waals surface area contributed by atoms with Crippen LogP contribution in [0.2, 0.25) is 0 Å². The van der Waals surface area contributed by atoms with Gasteiger partial charge in [-0.1, -0.05) is 130 Å². The van der Waals surface area contributed by atoms with Gasteiger partial charge < -0.3 is 19.5 Å². The van der Waals surface area contributed by atoms with Gasteiger partial charge in [0.05, 0.1) is 18.6 Å². The summed E-state index contributed by atoms with van der Waals surface area (Å²) in [4.78, 5) is 27.7. The summed E-state index contributed by atoms with van der Waals surface area (Å²) in [5.74, 6) is 6.25. The Morgan fingerprint density at radius 1 is 0.596 bits per heavy atom. The second kappa shape index (κ2) is 37.7. The minimum atomic E-state index is -0.438. The van der Waals surface area contributed by atoms with Gasteiger partial charge in [-0.15, -0.1) is 11.8 Å². The number of hydrogen-bond acceptors (Lipinski definition) is 6. The Morgan fingerprint density at radius 2 is 1.08 bits per heavy atom. The standard InChI is InChI=1S/C46H87NO5/c1-6-9-12-15-18-26-33-42-51-44(49)36-29-22-19-24-31-38-47(40-41-48)39-32-25-23-30-37-46(4,5)45(50)52-43(34-27-20-16-13-10-7-2)35-28-21-17-14-11-8-3/h43,48H,6-14,16-17,19-42H2,1-5H3. The summed E-state index contributed by atoms with van der Waals surface area (Å²) in [5.41, 5.74) is -0.438. The summed E-state index contributed by atoms with van der Waals surface area (Å²) in [7, 11) is 0. The number of rotatable bonds is 38. The Hall–Kier alpha value is -1.58. The van der Waals surface area contributed by atoms with Gasteiger partial charge >= 0.3 is 11.9 Å². The number of esters is 2. The average Bonchev–Trinajstić information content (AvgIpc) is 3.12. The van der Waals surface area contributed by atoms with E-state index < -0.39 is 5.41 Å². The Bertz CT molecular complexity index is 847. The first kappa shape index (κ1) is 50.4. The largest absolute Gasteiger partial charge is 0.466 e. The maximum absolute atomic E-state index is 13.3. The predicted molar refractivity (Wildman–Crippen MR) is 221 cm³/mol. The van der Waals surface area contributed by atoms with Crippen molar-refractivity contribution in [3.8, 4) is 11.8 Å². The van der Waals surface area contributed by atoms with E-state index >= 15 is 0 Å². The Kier molecular flexibility index (Phi) is 36.6. The van der Waals surface area contributed by atoms with E-state index in [-0.39, 0.29) is 24.6 Å². The molecule has 0 fully saturated rings. The third kappa shape index (κ3) is 33.0. The molecular weight excluding hydrogens is 647 g/mol. The molecule has 0 rings (SSSR count). The number of aliphatic hydroxyl groups is 1. The molecule has 306 valence electrons. The number of unbranched alkanes of at least 4 members (excludes halogenated alkanes) is 20. The van der Waals surface area contributed by atoms with Gasteiger partial charge in [-0.25, -0.2) is 0 Å². The lowest BCUT2D eigenvalue weighted by atomic mass is 9.86. The highest BCUT2D eigenvalue weighted by atomic mass is 16.5. The highest BCUT2D eigenvalue weighted by Gasteiger charge is 2.30. The number of carbonyl (C=O) groups excluding carboxylic acids is 2. The van der Waals surface area contributed by atoms with E-state index in [9.17, 15) is 14.7 Å². The minimum Gasteiger partial charge on any atom is -0.466 e. The normalized spacial score (nSPS) is 11.6. The fourth-order valence-electron chi connectivity index (χ4n) is 6.71. The highest BCUT2D eigenvalue weighted by Crippen LogP contribution is 2.28.